The fourth-order valence-electron chi connectivity index (χ4n) is 1.55. The van der Waals surface area contributed by atoms with Crippen LogP contribution in [0.1, 0.15) is 15.9 Å². The molecule has 18 heavy (non-hydrogen) atoms. The lowest BCUT2D eigenvalue weighted by molar-refractivity contribution is 0.0697. The number of aromatic nitrogens is 1. The first kappa shape index (κ1) is 12.0. The summed E-state index contributed by atoms with van der Waals surface area (Å²) in [5.41, 5.74) is 1.61. The van der Waals surface area contributed by atoms with Gasteiger partial charge in [0, 0.05) is 18.1 Å². The largest absolute Gasteiger partial charge is 0.478 e. The molecular weight excluding hydrogens is 235 g/mol. The lowest BCUT2D eigenvalue weighted by Crippen LogP contribution is -2.03. The fourth-order valence-corrected chi connectivity index (χ4v) is 1.55. The van der Waals surface area contributed by atoms with E-state index in [0.717, 1.165) is 0 Å². The zero-order valence-corrected chi connectivity index (χ0v) is 9.64. The summed E-state index contributed by atoms with van der Waals surface area (Å²) < 4.78 is 13.1. The second-order valence-corrected chi connectivity index (χ2v) is 3.82. The van der Waals surface area contributed by atoms with Crippen molar-refractivity contribution in [1.29, 1.82) is 0 Å². The molecule has 0 spiro atoms. The first-order valence-electron chi connectivity index (χ1n) is 5.28. The van der Waals surface area contributed by atoms with Crippen LogP contribution < -0.4 is 5.32 Å². The molecule has 0 aliphatic heterocycles. The number of carboxylic acids is 1. The van der Waals surface area contributed by atoms with Crippen molar-refractivity contribution in [3.05, 3.63) is 53.6 Å². The second-order valence-electron chi connectivity index (χ2n) is 3.82. The summed E-state index contributed by atoms with van der Waals surface area (Å²) in [5.74, 6) is -1.36. The number of nitrogens with one attached hydrogen (secondary N) is 1. The van der Waals surface area contributed by atoms with Gasteiger partial charge in [-0.1, -0.05) is 0 Å². The minimum atomic E-state index is -1.07. The average molecular weight is 246 g/mol. The van der Waals surface area contributed by atoms with E-state index in [0.29, 0.717) is 16.9 Å². The smallest absolute Gasteiger partial charge is 0.339 e. The monoisotopic (exact) mass is 246 g/mol. The zero-order valence-electron chi connectivity index (χ0n) is 9.64. The van der Waals surface area contributed by atoms with E-state index in [9.17, 15) is 9.18 Å². The molecule has 0 radical (unpaired) electrons. The lowest BCUT2D eigenvalue weighted by atomic mass is 10.2. The summed E-state index contributed by atoms with van der Waals surface area (Å²) in [4.78, 5) is 14.8. The number of hydrogen-bond acceptors (Lipinski definition) is 3. The maximum Gasteiger partial charge on any atom is 0.339 e. The van der Waals surface area contributed by atoms with Crippen molar-refractivity contribution >= 4 is 17.3 Å². The molecule has 0 fully saturated rings. The van der Waals surface area contributed by atoms with E-state index in [4.69, 9.17) is 5.11 Å². The molecule has 0 atom stereocenters. The van der Waals surface area contributed by atoms with E-state index < -0.39 is 5.97 Å². The van der Waals surface area contributed by atoms with Crippen LogP contribution in [0.2, 0.25) is 0 Å². The molecule has 1 heterocycles. The van der Waals surface area contributed by atoms with Crippen LogP contribution in [-0.2, 0) is 0 Å². The number of aryl methyl sites for hydroxylation is 1. The molecule has 0 aliphatic carbocycles. The summed E-state index contributed by atoms with van der Waals surface area (Å²) in [6.07, 6.45) is 2.76. The molecule has 0 bridgehead atoms. The van der Waals surface area contributed by atoms with Crippen molar-refractivity contribution in [2.75, 3.05) is 5.32 Å². The molecule has 2 rings (SSSR count). The molecule has 0 unspecified atom stereocenters. The Kier molecular flexibility index (Phi) is 3.23. The first-order valence-corrected chi connectivity index (χ1v) is 5.28. The maximum atomic E-state index is 13.1. The van der Waals surface area contributed by atoms with Gasteiger partial charge in [0.1, 0.15) is 11.4 Å². The quantitative estimate of drug-likeness (QED) is 0.874. The lowest BCUT2D eigenvalue weighted by Gasteiger charge is -2.09. The van der Waals surface area contributed by atoms with E-state index in [1.54, 1.807) is 25.1 Å². The highest BCUT2D eigenvalue weighted by atomic mass is 19.1. The van der Waals surface area contributed by atoms with Crippen LogP contribution >= 0.6 is 0 Å². The Morgan fingerprint density at radius 2 is 2.17 bits per heavy atom. The molecular formula is C13H11FN2O2. The van der Waals surface area contributed by atoms with Gasteiger partial charge in [-0.15, -0.1) is 0 Å². The average Bonchev–Trinajstić information content (AvgIpc) is 2.34. The number of anilines is 2. The van der Waals surface area contributed by atoms with E-state index >= 15 is 0 Å². The van der Waals surface area contributed by atoms with Crippen LogP contribution in [0.4, 0.5) is 15.8 Å². The number of pyridine rings is 1. The first-order chi connectivity index (χ1) is 8.58. The van der Waals surface area contributed by atoms with Gasteiger partial charge in [-0.3, -0.25) is 4.98 Å². The van der Waals surface area contributed by atoms with Gasteiger partial charge in [0.15, 0.2) is 0 Å². The second kappa shape index (κ2) is 4.83. The SMILES string of the molecule is Cc1cc(Nc2ccncc2C(=O)O)ccc1F. The highest BCUT2D eigenvalue weighted by Gasteiger charge is 2.10. The van der Waals surface area contributed by atoms with Crippen molar-refractivity contribution in [3.63, 3.8) is 0 Å². The number of nitrogens with zero attached hydrogens (tertiary/aromatic N) is 1. The topological polar surface area (TPSA) is 62.2 Å². The van der Waals surface area contributed by atoms with E-state index in [1.807, 2.05) is 0 Å². The van der Waals surface area contributed by atoms with Crippen molar-refractivity contribution < 1.29 is 14.3 Å². The summed E-state index contributed by atoms with van der Waals surface area (Å²) in [7, 11) is 0. The fraction of sp³-hybridized carbons (Fsp3) is 0.0769. The molecule has 2 N–H and O–H groups in total. The van der Waals surface area contributed by atoms with Crippen LogP contribution in [0.15, 0.2) is 36.7 Å². The summed E-state index contributed by atoms with van der Waals surface area (Å²) in [5, 5.41) is 11.9. The predicted molar refractivity (Wildman–Crippen MR) is 65.6 cm³/mol. The Morgan fingerprint density at radius 1 is 1.39 bits per heavy atom. The van der Waals surface area contributed by atoms with Gasteiger partial charge >= 0.3 is 5.97 Å². The Balaban J connectivity index is 2.34. The molecule has 92 valence electrons. The van der Waals surface area contributed by atoms with Gasteiger partial charge in [0.2, 0.25) is 0 Å². The molecule has 5 heteroatoms. The minimum absolute atomic E-state index is 0.0690. The number of halogens is 1. The maximum absolute atomic E-state index is 13.1. The minimum Gasteiger partial charge on any atom is -0.478 e. The Labute approximate surface area is 103 Å². The Hall–Kier alpha value is -2.43. The normalized spacial score (nSPS) is 10.1. The molecule has 1 aromatic heterocycles. The summed E-state index contributed by atoms with van der Waals surface area (Å²) in [6.45, 7) is 1.64. The molecule has 4 nitrogen and oxygen atoms in total. The van der Waals surface area contributed by atoms with Gasteiger partial charge in [-0.25, -0.2) is 9.18 Å². The third-order valence-corrected chi connectivity index (χ3v) is 2.49. The standard InChI is InChI=1S/C13H11FN2O2/c1-8-6-9(2-3-11(8)14)16-12-4-5-15-7-10(12)13(17)18/h2-7H,1H3,(H,15,16)(H,17,18). The number of rotatable bonds is 3. The van der Waals surface area contributed by atoms with Crippen LogP contribution in [-0.4, -0.2) is 16.1 Å². The molecule has 0 saturated carbocycles. The Bertz CT molecular complexity index is 599. The van der Waals surface area contributed by atoms with Crippen molar-refractivity contribution in [2.45, 2.75) is 6.92 Å². The van der Waals surface area contributed by atoms with E-state index in [1.165, 1.54) is 18.5 Å². The van der Waals surface area contributed by atoms with Gasteiger partial charge < -0.3 is 10.4 Å². The van der Waals surface area contributed by atoms with E-state index in [-0.39, 0.29) is 11.4 Å². The van der Waals surface area contributed by atoms with Gasteiger partial charge in [-0.2, -0.15) is 0 Å². The van der Waals surface area contributed by atoms with Gasteiger partial charge in [0.25, 0.3) is 0 Å². The van der Waals surface area contributed by atoms with Crippen LogP contribution in [0.25, 0.3) is 0 Å². The van der Waals surface area contributed by atoms with Crippen molar-refractivity contribution in [2.24, 2.45) is 0 Å². The third-order valence-electron chi connectivity index (χ3n) is 2.49. The third kappa shape index (κ3) is 2.45. The van der Waals surface area contributed by atoms with Gasteiger partial charge in [0.05, 0.1) is 5.69 Å². The number of aromatic carboxylic acids is 1. The molecule has 0 aliphatic rings. The summed E-state index contributed by atoms with van der Waals surface area (Å²) in [6, 6.07) is 6.05. The number of carboxylic acid groups (broad SMARTS) is 1. The summed E-state index contributed by atoms with van der Waals surface area (Å²) >= 11 is 0. The zero-order chi connectivity index (χ0) is 13.1. The van der Waals surface area contributed by atoms with Crippen molar-refractivity contribution in [3.8, 4) is 0 Å². The van der Waals surface area contributed by atoms with Crippen molar-refractivity contribution in [1.82, 2.24) is 4.98 Å². The highest BCUT2D eigenvalue weighted by molar-refractivity contribution is 5.94. The number of carbonyl (C=O) groups is 1. The van der Waals surface area contributed by atoms with E-state index in [2.05, 4.69) is 10.3 Å². The number of hydrogen-bond donors (Lipinski definition) is 2. The van der Waals surface area contributed by atoms with Crippen LogP contribution in [0, 0.1) is 12.7 Å². The van der Waals surface area contributed by atoms with Crippen LogP contribution in [0.5, 0.6) is 0 Å². The molecule has 0 amide bonds. The van der Waals surface area contributed by atoms with Crippen LogP contribution in [0.3, 0.4) is 0 Å². The molecule has 1 aromatic carbocycles. The molecule has 0 saturated heterocycles. The Morgan fingerprint density at radius 3 is 2.83 bits per heavy atom. The highest BCUT2D eigenvalue weighted by Crippen LogP contribution is 2.21. The van der Waals surface area contributed by atoms with Gasteiger partial charge in [-0.05, 0) is 36.8 Å². The number of benzene rings is 1. The predicted octanol–water partition coefficient (Wildman–Crippen LogP) is 2.97. The molecule has 2 aromatic rings.